The van der Waals surface area contributed by atoms with E-state index in [0.717, 1.165) is 0 Å². The summed E-state index contributed by atoms with van der Waals surface area (Å²) < 4.78 is 0. The highest BCUT2D eigenvalue weighted by Gasteiger charge is 1.95. The number of amides is 1. The zero-order valence-corrected chi connectivity index (χ0v) is 9.03. The van der Waals surface area contributed by atoms with Gasteiger partial charge in [-0.2, -0.15) is 0 Å². The molecule has 1 amide bonds. The molecule has 0 saturated heterocycles. The van der Waals surface area contributed by atoms with Gasteiger partial charge in [-0.25, -0.2) is 0 Å². The van der Waals surface area contributed by atoms with Gasteiger partial charge < -0.3 is 10.4 Å². The fourth-order valence-corrected chi connectivity index (χ4v) is 0.830. The lowest BCUT2D eigenvalue weighted by molar-refractivity contribution is -0.116. The number of hydrogen-bond acceptors (Lipinski definition) is 2. The molecule has 0 fully saturated rings. The predicted octanol–water partition coefficient (Wildman–Crippen LogP) is 1.39. The SMILES string of the molecule is CC(O)C/C=C/C=C/C(=O)NC(C)C. The number of carbonyl (C=O) groups excluding carboxylic acids is 1. The average Bonchev–Trinajstić information content (AvgIpc) is 2.01. The molecule has 3 nitrogen and oxygen atoms in total. The van der Waals surface area contributed by atoms with Gasteiger partial charge in [0.05, 0.1) is 6.10 Å². The molecular weight excluding hydrogens is 178 g/mol. The van der Waals surface area contributed by atoms with Gasteiger partial charge in [-0.05, 0) is 27.2 Å². The average molecular weight is 197 g/mol. The monoisotopic (exact) mass is 197 g/mol. The molecule has 0 aliphatic heterocycles. The Morgan fingerprint density at radius 2 is 2.00 bits per heavy atom. The lowest BCUT2D eigenvalue weighted by atomic mass is 10.2. The van der Waals surface area contributed by atoms with Crippen LogP contribution in [0, 0.1) is 0 Å². The standard InChI is InChI=1S/C11H19NO2/c1-9(2)12-11(14)8-6-4-5-7-10(3)13/h4-6,8-10,13H,7H2,1-3H3,(H,12,14)/b5-4+,8-6+. The van der Waals surface area contributed by atoms with Crippen molar-refractivity contribution < 1.29 is 9.90 Å². The van der Waals surface area contributed by atoms with Gasteiger partial charge in [-0.15, -0.1) is 0 Å². The van der Waals surface area contributed by atoms with E-state index in [0.29, 0.717) is 6.42 Å². The van der Waals surface area contributed by atoms with Crippen molar-refractivity contribution in [2.45, 2.75) is 39.3 Å². The van der Waals surface area contributed by atoms with Gasteiger partial charge in [0.2, 0.25) is 5.91 Å². The fourth-order valence-electron chi connectivity index (χ4n) is 0.830. The quantitative estimate of drug-likeness (QED) is 0.517. The minimum absolute atomic E-state index is 0.0957. The third-order valence-electron chi connectivity index (χ3n) is 1.40. The van der Waals surface area contributed by atoms with Crippen LogP contribution in [0.15, 0.2) is 24.3 Å². The van der Waals surface area contributed by atoms with E-state index in [9.17, 15) is 4.79 Å². The Kier molecular flexibility index (Phi) is 6.76. The Morgan fingerprint density at radius 1 is 1.36 bits per heavy atom. The third-order valence-corrected chi connectivity index (χ3v) is 1.40. The van der Waals surface area contributed by atoms with Crippen LogP contribution in [0.3, 0.4) is 0 Å². The molecular formula is C11H19NO2. The Balaban J connectivity index is 3.71. The van der Waals surface area contributed by atoms with Crippen molar-refractivity contribution in [3.63, 3.8) is 0 Å². The minimum atomic E-state index is -0.329. The van der Waals surface area contributed by atoms with Crippen LogP contribution in [0.2, 0.25) is 0 Å². The second-order valence-corrected chi connectivity index (χ2v) is 3.54. The number of allylic oxidation sites excluding steroid dienone is 2. The highest BCUT2D eigenvalue weighted by atomic mass is 16.3. The van der Waals surface area contributed by atoms with E-state index in [4.69, 9.17) is 5.11 Å². The second kappa shape index (κ2) is 7.33. The fraction of sp³-hybridized carbons (Fsp3) is 0.545. The van der Waals surface area contributed by atoms with Crippen LogP contribution in [0.1, 0.15) is 27.2 Å². The highest BCUT2D eigenvalue weighted by molar-refractivity contribution is 5.87. The van der Waals surface area contributed by atoms with E-state index in [1.54, 1.807) is 19.1 Å². The lowest BCUT2D eigenvalue weighted by Gasteiger charge is -2.03. The van der Waals surface area contributed by atoms with E-state index < -0.39 is 0 Å². The maximum atomic E-state index is 11.1. The number of rotatable bonds is 5. The first-order valence-electron chi connectivity index (χ1n) is 4.84. The molecule has 0 radical (unpaired) electrons. The van der Waals surface area contributed by atoms with Gasteiger partial charge in [0.1, 0.15) is 0 Å². The molecule has 0 rings (SSSR count). The van der Waals surface area contributed by atoms with Crippen LogP contribution in [0.5, 0.6) is 0 Å². The first-order valence-corrected chi connectivity index (χ1v) is 4.84. The van der Waals surface area contributed by atoms with Gasteiger partial charge >= 0.3 is 0 Å². The van der Waals surface area contributed by atoms with E-state index in [1.807, 2.05) is 19.9 Å². The number of aliphatic hydroxyl groups is 1. The first-order chi connectivity index (χ1) is 6.52. The molecule has 1 unspecified atom stereocenters. The van der Waals surface area contributed by atoms with Crippen molar-refractivity contribution in [3.8, 4) is 0 Å². The topological polar surface area (TPSA) is 49.3 Å². The molecule has 80 valence electrons. The Hall–Kier alpha value is -1.09. The normalized spacial score (nSPS) is 14.1. The van der Waals surface area contributed by atoms with Crippen molar-refractivity contribution in [1.82, 2.24) is 5.32 Å². The summed E-state index contributed by atoms with van der Waals surface area (Å²) in [5, 5.41) is 11.7. The minimum Gasteiger partial charge on any atom is -0.393 e. The molecule has 0 heterocycles. The van der Waals surface area contributed by atoms with E-state index in [-0.39, 0.29) is 18.1 Å². The number of aliphatic hydroxyl groups excluding tert-OH is 1. The number of hydrogen-bond donors (Lipinski definition) is 2. The smallest absolute Gasteiger partial charge is 0.244 e. The van der Waals surface area contributed by atoms with Crippen molar-refractivity contribution >= 4 is 5.91 Å². The second-order valence-electron chi connectivity index (χ2n) is 3.54. The van der Waals surface area contributed by atoms with E-state index >= 15 is 0 Å². The summed E-state index contributed by atoms with van der Waals surface area (Å²) in [5.74, 6) is -0.0957. The largest absolute Gasteiger partial charge is 0.393 e. The van der Waals surface area contributed by atoms with Crippen LogP contribution in [-0.2, 0) is 4.79 Å². The van der Waals surface area contributed by atoms with E-state index in [1.165, 1.54) is 6.08 Å². The van der Waals surface area contributed by atoms with Crippen LogP contribution in [0.4, 0.5) is 0 Å². The van der Waals surface area contributed by atoms with Gasteiger partial charge in [0.15, 0.2) is 0 Å². The van der Waals surface area contributed by atoms with Crippen molar-refractivity contribution in [3.05, 3.63) is 24.3 Å². The molecule has 3 heteroatoms. The van der Waals surface area contributed by atoms with Gasteiger partial charge in [-0.1, -0.05) is 18.2 Å². The molecule has 0 bridgehead atoms. The molecule has 14 heavy (non-hydrogen) atoms. The maximum absolute atomic E-state index is 11.1. The molecule has 0 aromatic rings. The Labute approximate surface area is 85.5 Å². The van der Waals surface area contributed by atoms with Gasteiger partial charge in [0, 0.05) is 12.1 Å². The summed E-state index contributed by atoms with van der Waals surface area (Å²) in [7, 11) is 0. The van der Waals surface area contributed by atoms with Crippen LogP contribution < -0.4 is 5.32 Å². The molecule has 0 saturated carbocycles. The van der Waals surface area contributed by atoms with E-state index in [2.05, 4.69) is 5.32 Å². The number of nitrogens with one attached hydrogen (secondary N) is 1. The van der Waals surface area contributed by atoms with Crippen molar-refractivity contribution in [2.24, 2.45) is 0 Å². The van der Waals surface area contributed by atoms with Gasteiger partial charge in [0.25, 0.3) is 0 Å². The zero-order chi connectivity index (χ0) is 11.0. The Bertz CT molecular complexity index is 217. The summed E-state index contributed by atoms with van der Waals surface area (Å²) in [5.41, 5.74) is 0. The summed E-state index contributed by atoms with van der Waals surface area (Å²) in [6.07, 6.45) is 7.00. The van der Waals surface area contributed by atoms with Crippen molar-refractivity contribution in [2.75, 3.05) is 0 Å². The maximum Gasteiger partial charge on any atom is 0.244 e. The molecule has 0 aliphatic carbocycles. The molecule has 0 aromatic carbocycles. The highest BCUT2D eigenvalue weighted by Crippen LogP contribution is 1.91. The van der Waals surface area contributed by atoms with Crippen molar-refractivity contribution in [1.29, 1.82) is 0 Å². The molecule has 0 spiro atoms. The van der Waals surface area contributed by atoms with Crippen LogP contribution >= 0.6 is 0 Å². The summed E-state index contributed by atoms with van der Waals surface area (Å²) in [6, 6.07) is 0.161. The lowest BCUT2D eigenvalue weighted by Crippen LogP contribution is -2.28. The summed E-state index contributed by atoms with van der Waals surface area (Å²) in [4.78, 5) is 11.1. The Morgan fingerprint density at radius 3 is 2.50 bits per heavy atom. The predicted molar refractivity (Wildman–Crippen MR) is 57.9 cm³/mol. The van der Waals surface area contributed by atoms with Gasteiger partial charge in [-0.3, -0.25) is 4.79 Å². The molecule has 0 aliphatic rings. The number of carbonyl (C=O) groups is 1. The third kappa shape index (κ3) is 9.00. The first kappa shape index (κ1) is 12.9. The molecule has 1 atom stereocenters. The molecule has 2 N–H and O–H groups in total. The summed E-state index contributed by atoms with van der Waals surface area (Å²) >= 11 is 0. The molecule has 0 aromatic heterocycles. The van der Waals surface area contributed by atoms with Crippen LogP contribution in [0.25, 0.3) is 0 Å². The summed E-state index contributed by atoms with van der Waals surface area (Å²) in [6.45, 7) is 5.55. The zero-order valence-electron chi connectivity index (χ0n) is 9.03. The van der Waals surface area contributed by atoms with Crippen LogP contribution in [-0.4, -0.2) is 23.2 Å².